The van der Waals surface area contributed by atoms with Gasteiger partial charge in [-0.2, -0.15) is 0 Å². The Hall–Kier alpha value is 0.557. The molecule has 0 bridgehead atoms. The zero-order valence-electron chi connectivity index (χ0n) is 26.5. The molecule has 0 aliphatic rings. The summed E-state index contributed by atoms with van der Waals surface area (Å²) in [5, 5.41) is 3.68. The van der Waals surface area contributed by atoms with Crippen LogP contribution in [-0.2, 0) is 0 Å². The van der Waals surface area contributed by atoms with Crippen molar-refractivity contribution in [3.05, 3.63) is 0 Å². The Morgan fingerprint density at radius 3 is 0.579 bits per heavy atom. The molecule has 0 radical (unpaired) electrons. The first kappa shape index (κ1) is 40.7. The van der Waals surface area contributed by atoms with Crippen LogP contribution in [0.4, 0.5) is 0 Å². The molecule has 0 amide bonds. The summed E-state index contributed by atoms with van der Waals surface area (Å²) >= 11 is 0. The fourth-order valence-corrected chi connectivity index (χ4v) is 5.72. The third-order valence-electron chi connectivity index (χ3n) is 8.41. The van der Waals surface area contributed by atoms with Gasteiger partial charge in [-0.1, -0.05) is 206 Å². The van der Waals surface area contributed by atoms with Crippen molar-refractivity contribution < 1.29 is 0 Å². The zero-order chi connectivity index (χ0) is 26.7. The van der Waals surface area contributed by atoms with E-state index in [1.807, 2.05) is 0 Å². The van der Waals surface area contributed by atoms with Gasteiger partial charge in [0.05, 0.1) is 0 Å². The Balaban J connectivity index is 0. The van der Waals surface area contributed by atoms with Gasteiger partial charge in [-0.25, -0.2) is 0 Å². The van der Waals surface area contributed by atoms with E-state index in [2.05, 4.69) is 19.2 Å². The average molecular weight is 530 g/mol. The number of hydrogen-bond donors (Lipinski definition) is 1. The molecule has 0 aliphatic carbocycles. The van der Waals surface area contributed by atoms with E-state index in [4.69, 9.17) is 0 Å². The van der Waals surface area contributed by atoms with Gasteiger partial charge < -0.3 is 5.32 Å². The molecule has 0 unspecified atom stereocenters. The van der Waals surface area contributed by atoms with Gasteiger partial charge in [0.2, 0.25) is 0 Å². The van der Waals surface area contributed by atoms with E-state index in [1.165, 1.54) is 219 Å². The molecule has 1 N–H and O–H groups in total. The van der Waals surface area contributed by atoms with E-state index in [0.717, 1.165) is 0 Å². The van der Waals surface area contributed by atoms with Gasteiger partial charge >= 0.3 is 18.9 Å². The van der Waals surface area contributed by atoms with E-state index in [1.54, 1.807) is 0 Å². The molecule has 1 nitrogen and oxygen atoms in total. The van der Waals surface area contributed by atoms with Crippen molar-refractivity contribution in [3.63, 3.8) is 0 Å². The van der Waals surface area contributed by atoms with Crippen LogP contribution in [0.5, 0.6) is 0 Å². The van der Waals surface area contributed by atoms with Crippen LogP contribution < -0.4 is 5.32 Å². The van der Waals surface area contributed by atoms with Crippen molar-refractivity contribution in [2.45, 2.75) is 219 Å². The Kier molecular flexibility index (Phi) is 42.5. The van der Waals surface area contributed by atoms with E-state index < -0.39 is 0 Å². The molecule has 226 valence electrons. The fraction of sp³-hybridized carbons (Fsp3) is 1.00. The van der Waals surface area contributed by atoms with Crippen molar-refractivity contribution in [2.75, 3.05) is 13.1 Å². The summed E-state index contributed by atoms with van der Waals surface area (Å²) in [6, 6.07) is 0. The second kappa shape index (κ2) is 39.7. The molecule has 0 heterocycles. The summed E-state index contributed by atoms with van der Waals surface area (Å²) in [6.07, 6.45) is 46.7. The fourth-order valence-electron chi connectivity index (χ4n) is 5.72. The third-order valence-corrected chi connectivity index (χ3v) is 8.41. The predicted molar refractivity (Wildman–Crippen MR) is 179 cm³/mol. The summed E-state index contributed by atoms with van der Waals surface area (Å²) in [5.41, 5.74) is 0. The van der Waals surface area contributed by atoms with Crippen molar-refractivity contribution in [3.8, 4) is 0 Å². The van der Waals surface area contributed by atoms with Crippen LogP contribution in [-0.4, -0.2) is 32.0 Å². The Labute approximate surface area is 255 Å². The summed E-state index contributed by atoms with van der Waals surface area (Å²) in [5.74, 6) is 0. The molecular formula is C36H76LiN. The van der Waals surface area contributed by atoms with Gasteiger partial charge in [-0.15, -0.1) is 0 Å². The maximum atomic E-state index is 3.68. The van der Waals surface area contributed by atoms with Crippen LogP contribution in [0.15, 0.2) is 0 Å². The minimum absolute atomic E-state index is 0. The van der Waals surface area contributed by atoms with Gasteiger partial charge in [0.15, 0.2) is 0 Å². The average Bonchev–Trinajstić information content (AvgIpc) is 2.91. The van der Waals surface area contributed by atoms with Crippen LogP contribution in [0.3, 0.4) is 0 Å². The first-order chi connectivity index (χ1) is 18.4. The molecule has 0 aromatic heterocycles. The van der Waals surface area contributed by atoms with Crippen molar-refractivity contribution in [1.29, 1.82) is 0 Å². The van der Waals surface area contributed by atoms with Crippen molar-refractivity contribution in [2.24, 2.45) is 0 Å². The van der Waals surface area contributed by atoms with E-state index >= 15 is 0 Å². The molecule has 0 aliphatic heterocycles. The number of rotatable bonds is 34. The predicted octanol–water partition coefficient (Wildman–Crippen LogP) is 12.5. The second-order valence-corrected chi connectivity index (χ2v) is 12.4. The van der Waals surface area contributed by atoms with Crippen molar-refractivity contribution in [1.82, 2.24) is 5.32 Å². The van der Waals surface area contributed by atoms with Crippen LogP contribution in [0.1, 0.15) is 219 Å². The molecule has 2 heteroatoms. The van der Waals surface area contributed by atoms with E-state index in [0.29, 0.717) is 0 Å². The molecular weight excluding hydrogens is 453 g/mol. The number of nitrogens with one attached hydrogen (secondary N) is 1. The molecule has 0 spiro atoms. The second-order valence-electron chi connectivity index (χ2n) is 12.4. The molecule has 0 aromatic carbocycles. The Bertz CT molecular complexity index is 338. The van der Waals surface area contributed by atoms with Gasteiger partial charge in [0, 0.05) is 0 Å². The number of unbranched alkanes of at least 4 members (excludes halogenated alkanes) is 30. The molecule has 0 aromatic rings. The number of hydrogen-bond acceptors (Lipinski definition) is 1. The van der Waals surface area contributed by atoms with Gasteiger partial charge in [-0.3, -0.25) is 0 Å². The Morgan fingerprint density at radius 1 is 0.237 bits per heavy atom. The van der Waals surface area contributed by atoms with Crippen LogP contribution in [0.25, 0.3) is 0 Å². The summed E-state index contributed by atoms with van der Waals surface area (Å²) in [7, 11) is 0. The van der Waals surface area contributed by atoms with Gasteiger partial charge in [-0.05, 0) is 25.9 Å². The SMILES string of the molecule is CCCCCCCCCCCCCCCCCCNCCCCCCCCCCCCCCCCCC.[LiH]. The summed E-state index contributed by atoms with van der Waals surface area (Å²) < 4.78 is 0. The van der Waals surface area contributed by atoms with Crippen LogP contribution in [0.2, 0.25) is 0 Å². The van der Waals surface area contributed by atoms with Crippen LogP contribution >= 0.6 is 0 Å². The minimum atomic E-state index is 0. The molecule has 0 rings (SSSR count). The van der Waals surface area contributed by atoms with Gasteiger partial charge in [0.25, 0.3) is 0 Å². The monoisotopic (exact) mass is 530 g/mol. The van der Waals surface area contributed by atoms with Crippen molar-refractivity contribution >= 4 is 18.9 Å². The molecule has 0 atom stereocenters. The molecule has 0 saturated carbocycles. The third kappa shape index (κ3) is 38.7. The first-order valence-corrected chi connectivity index (χ1v) is 18.1. The normalized spacial score (nSPS) is 11.2. The Morgan fingerprint density at radius 2 is 0.395 bits per heavy atom. The van der Waals surface area contributed by atoms with Gasteiger partial charge in [0.1, 0.15) is 0 Å². The van der Waals surface area contributed by atoms with E-state index in [9.17, 15) is 0 Å². The quantitative estimate of drug-likeness (QED) is 0.0645. The molecule has 0 saturated heterocycles. The standard InChI is InChI=1S/C36H75N.Li.H/c1-3-5-7-9-11-13-15-17-19-21-23-25-27-29-31-33-35-37-36-34-32-30-28-26-24-22-20-18-16-14-12-10-8-6-4-2;;/h37H,3-36H2,1-2H3;;. The first-order valence-electron chi connectivity index (χ1n) is 18.1. The van der Waals surface area contributed by atoms with E-state index in [-0.39, 0.29) is 18.9 Å². The summed E-state index contributed by atoms with van der Waals surface area (Å²) in [4.78, 5) is 0. The maximum absolute atomic E-state index is 3.68. The zero-order valence-corrected chi connectivity index (χ0v) is 26.5. The van der Waals surface area contributed by atoms with Crippen LogP contribution in [0, 0.1) is 0 Å². The summed E-state index contributed by atoms with van der Waals surface area (Å²) in [6.45, 7) is 7.11. The topological polar surface area (TPSA) is 12.0 Å². The molecule has 0 fully saturated rings. The molecule has 38 heavy (non-hydrogen) atoms.